The van der Waals surface area contributed by atoms with E-state index in [2.05, 4.69) is 33.6 Å². The molecular formula is C24H35N5O6S. The van der Waals surface area contributed by atoms with Gasteiger partial charge in [0, 0.05) is 22.9 Å². The Morgan fingerprint density at radius 3 is 2.22 bits per heavy atom. The lowest BCUT2D eigenvalue weighted by Gasteiger charge is -2.28. The Kier molecular flexibility index (Phi) is 10.8. The topological polar surface area (TPSA) is 187 Å². The Labute approximate surface area is 215 Å². The molecule has 1 aromatic heterocycles. The lowest BCUT2D eigenvalue weighted by Crippen LogP contribution is -2.61. The van der Waals surface area contributed by atoms with E-state index in [1.54, 1.807) is 13.1 Å². The fourth-order valence-corrected chi connectivity index (χ4v) is 3.94. The van der Waals surface area contributed by atoms with Crippen molar-refractivity contribution in [3.63, 3.8) is 0 Å². The standard InChI is InChI=1S/C24H35N5O6S/c1-4-12(2)19(22(32)27-18(11-36)24(34)35)28-23(33)20(13(3)30)29-21(31)16(25)9-14-10-26-17-8-6-5-7-15(14)17/h5-8,10,12-13,16,18-20,26,30,36H,4,9,11,25H2,1-3H3,(H,27,32)(H,28,33)(H,29,31)(H,34,35). The van der Waals surface area contributed by atoms with Crippen molar-refractivity contribution in [1.29, 1.82) is 0 Å². The molecule has 2 rings (SSSR count). The number of rotatable bonds is 13. The largest absolute Gasteiger partial charge is 0.480 e. The average molecular weight is 522 g/mol. The second-order valence-electron chi connectivity index (χ2n) is 8.85. The number of carbonyl (C=O) groups excluding carboxylic acids is 3. The van der Waals surface area contributed by atoms with Gasteiger partial charge in [-0.1, -0.05) is 38.5 Å². The first kappa shape index (κ1) is 29.1. The summed E-state index contributed by atoms with van der Waals surface area (Å²) in [5.74, 6) is -3.90. The Bertz CT molecular complexity index is 1070. The molecule has 0 bridgehead atoms. The molecule has 1 aromatic carbocycles. The van der Waals surface area contributed by atoms with Gasteiger partial charge in [-0.15, -0.1) is 0 Å². The number of aliphatic hydroxyl groups is 1. The summed E-state index contributed by atoms with van der Waals surface area (Å²) in [6.07, 6.45) is 1.17. The quantitative estimate of drug-likeness (QED) is 0.169. The van der Waals surface area contributed by atoms with Crippen LogP contribution in [0.2, 0.25) is 0 Å². The summed E-state index contributed by atoms with van der Waals surface area (Å²) in [6, 6.07) is 2.84. The third-order valence-corrected chi connectivity index (χ3v) is 6.47. The lowest BCUT2D eigenvalue weighted by molar-refractivity contribution is -0.142. The molecule has 0 aliphatic heterocycles. The number of carbonyl (C=O) groups is 4. The molecule has 1 heterocycles. The maximum absolute atomic E-state index is 13.0. The number of nitrogens with one attached hydrogen (secondary N) is 4. The molecule has 0 spiro atoms. The highest BCUT2D eigenvalue weighted by Crippen LogP contribution is 2.19. The van der Waals surface area contributed by atoms with Crippen LogP contribution in [0.4, 0.5) is 0 Å². The summed E-state index contributed by atoms with van der Waals surface area (Å²) in [5.41, 5.74) is 7.83. The Morgan fingerprint density at radius 2 is 1.64 bits per heavy atom. The highest BCUT2D eigenvalue weighted by molar-refractivity contribution is 7.80. The predicted molar refractivity (Wildman–Crippen MR) is 138 cm³/mol. The summed E-state index contributed by atoms with van der Waals surface area (Å²) in [6.45, 7) is 4.85. The Hall–Kier alpha value is -3.09. The van der Waals surface area contributed by atoms with Gasteiger partial charge < -0.3 is 36.9 Å². The number of amides is 3. The minimum Gasteiger partial charge on any atom is -0.480 e. The van der Waals surface area contributed by atoms with Crippen molar-refractivity contribution in [3.05, 3.63) is 36.0 Å². The number of aliphatic hydroxyl groups excluding tert-OH is 1. The highest BCUT2D eigenvalue weighted by Gasteiger charge is 2.34. The number of aromatic amines is 1. The van der Waals surface area contributed by atoms with E-state index in [1.165, 1.54) is 6.92 Å². The number of hydrogen-bond acceptors (Lipinski definition) is 7. The number of para-hydroxylation sites is 1. The lowest BCUT2D eigenvalue weighted by atomic mass is 9.97. The van der Waals surface area contributed by atoms with Crippen molar-refractivity contribution in [2.45, 2.75) is 63.9 Å². The van der Waals surface area contributed by atoms with Crippen molar-refractivity contribution in [2.75, 3.05) is 5.75 Å². The van der Waals surface area contributed by atoms with E-state index in [0.717, 1.165) is 16.5 Å². The van der Waals surface area contributed by atoms with E-state index in [-0.39, 0.29) is 18.1 Å². The summed E-state index contributed by atoms with van der Waals surface area (Å²) in [5, 5.41) is 27.7. The Balaban J connectivity index is 2.11. The van der Waals surface area contributed by atoms with Crippen LogP contribution in [0.15, 0.2) is 30.5 Å². The average Bonchev–Trinajstić information content (AvgIpc) is 3.25. The fourth-order valence-electron chi connectivity index (χ4n) is 3.69. The van der Waals surface area contributed by atoms with Crippen LogP contribution in [-0.2, 0) is 25.6 Å². The van der Waals surface area contributed by atoms with Gasteiger partial charge in [-0.05, 0) is 30.9 Å². The molecule has 0 fully saturated rings. The number of hydrogen-bond donors (Lipinski definition) is 8. The van der Waals surface area contributed by atoms with Gasteiger partial charge in [-0.25, -0.2) is 4.79 Å². The molecule has 0 saturated heterocycles. The fraction of sp³-hybridized carbons (Fsp3) is 0.500. The van der Waals surface area contributed by atoms with Crippen LogP contribution in [-0.4, -0.2) is 74.9 Å². The van der Waals surface area contributed by atoms with Gasteiger partial charge in [0.15, 0.2) is 0 Å². The van der Waals surface area contributed by atoms with Crippen molar-refractivity contribution < 1.29 is 29.4 Å². The number of carboxylic acids is 1. The summed E-state index contributed by atoms with van der Waals surface area (Å²) < 4.78 is 0. The molecule has 0 radical (unpaired) electrons. The van der Waals surface area contributed by atoms with Gasteiger partial charge in [0.1, 0.15) is 18.1 Å². The molecule has 0 aliphatic carbocycles. The van der Waals surface area contributed by atoms with E-state index >= 15 is 0 Å². The zero-order valence-electron chi connectivity index (χ0n) is 20.5. The molecule has 6 unspecified atom stereocenters. The highest BCUT2D eigenvalue weighted by atomic mass is 32.1. The molecule has 6 atom stereocenters. The van der Waals surface area contributed by atoms with Crippen LogP contribution < -0.4 is 21.7 Å². The molecular weight excluding hydrogens is 486 g/mol. The zero-order chi connectivity index (χ0) is 27.0. The number of fused-ring (bicyclic) bond motifs is 1. The van der Waals surface area contributed by atoms with Crippen molar-refractivity contribution >= 4 is 47.2 Å². The SMILES string of the molecule is CCC(C)C(NC(=O)C(NC(=O)C(N)Cc1c[nH]c2ccccc12)C(C)O)C(=O)NC(CS)C(=O)O. The summed E-state index contributed by atoms with van der Waals surface area (Å²) >= 11 is 3.93. The van der Waals surface area contributed by atoms with Crippen LogP contribution in [0.5, 0.6) is 0 Å². The van der Waals surface area contributed by atoms with Crippen LogP contribution >= 0.6 is 12.6 Å². The van der Waals surface area contributed by atoms with E-state index in [0.29, 0.717) is 6.42 Å². The van der Waals surface area contributed by atoms with E-state index < -0.39 is 54.0 Å². The Morgan fingerprint density at radius 1 is 1.03 bits per heavy atom. The van der Waals surface area contributed by atoms with Crippen LogP contribution in [0.25, 0.3) is 10.9 Å². The predicted octanol–water partition coefficient (Wildman–Crippen LogP) is -0.0666. The number of aliphatic carboxylic acids is 1. The van der Waals surface area contributed by atoms with Gasteiger partial charge >= 0.3 is 5.97 Å². The van der Waals surface area contributed by atoms with Gasteiger partial charge in [-0.2, -0.15) is 12.6 Å². The maximum Gasteiger partial charge on any atom is 0.327 e. The molecule has 2 aromatic rings. The normalized spacial score (nSPS) is 16.3. The molecule has 3 amide bonds. The number of thiol groups is 1. The van der Waals surface area contributed by atoms with Crippen molar-refractivity contribution in [3.8, 4) is 0 Å². The minimum atomic E-state index is -1.38. The maximum atomic E-state index is 13.0. The van der Waals surface area contributed by atoms with Crippen LogP contribution in [0.1, 0.15) is 32.8 Å². The van der Waals surface area contributed by atoms with Crippen molar-refractivity contribution in [1.82, 2.24) is 20.9 Å². The molecule has 0 saturated carbocycles. The summed E-state index contributed by atoms with van der Waals surface area (Å²) in [4.78, 5) is 53.0. The van der Waals surface area contributed by atoms with Gasteiger partial charge in [0.2, 0.25) is 17.7 Å². The minimum absolute atomic E-state index is 0.136. The van der Waals surface area contributed by atoms with Crippen molar-refractivity contribution in [2.24, 2.45) is 11.7 Å². The second-order valence-corrected chi connectivity index (χ2v) is 9.22. The smallest absolute Gasteiger partial charge is 0.327 e. The monoisotopic (exact) mass is 521 g/mol. The van der Waals surface area contributed by atoms with E-state index in [4.69, 9.17) is 5.73 Å². The van der Waals surface area contributed by atoms with E-state index in [1.807, 2.05) is 31.2 Å². The first-order chi connectivity index (χ1) is 17.0. The molecule has 36 heavy (non-hydrogen) atoms. The molecule has 8 N–H and O–H groups in total. The van der Waals surface area contributed by atoms with Gasteiger partial charge in [0.05, 0.1) is 12.1 Å². The number of H-pyrrole nitrogens is 1. The zero-order valence-corrected chi connectivity index (χ0v) is 21.4. The summed E-state index contributed by atoms with van der Waals surface area (Å²) in [7, 11) is 0. The van der Waals surface area contributed by atoms with Gasteiger partial charge in [0.25, 0.3) is 0 Å². The van der Waals surface area contributed by atoms with Gasteiger partial charge in [-0.3, -0.25) is 14.4 Å². The molecule has 0 aliphatic rings. The third-order valence-electron chi connectivity index (χ3n) is 6.10. The van der Waals surface area contributed by atoms with E-state index in [9.17, 15) is 29.4 Å². The first-order valence-electron chi connectivity index (χ1n) is 11.7. The first-order valence-corrected chi connectivity index (χ1v) is 12.4. The van der Waals surface area contributed by atoms with Crippen LogP contribution in [0.3, 0.4) is 0 Å². The number of aromatic nitrogens is 1. The molecule has 198 valence electrons. The third kappa shape index (κ3) is 7.45. The second kappa shape index (κ2) is 13.3. The van der Waals surface area contributed by atoms with Crippen LogP contribution in [0, 0.1) is 5.92 Å². The molecule has 11 nitrogen and oxygen atoms in total. The number of carboxylic acid groups (broad SMARTS) is 1. The number of benzene rings is 1. The number of nitrogens with two attached hydrogens (primary N) is 1. The molecule has 12 heteroatoms.